The Morgan fingerprint density at radius 2 is 2.19 bits per heavy atom. The maximum atomic E-state index is 6.22. The number of benzene rings is 2. The van der Waals surface area contributed by atoms with Gasteiger partial charge < -0.3 is 9.47 Å². The van der Waals surface area contributed by atoms with Gasteiger partial charge in [-0.15, -0.1) is 0 Å². The topological polar surface area (TPSA) is 18.5 Å². The standard InChI is InChI=1S/C18H20BrO2/c1-18(2)10-9-13-7-8-14-15(17(13)21-18)5-3-6-16(14)20-12-4-11-19/h3,5-6,8H,4,9-12H2,1-2H3. The predicted octanol–water partition coefficient (Wildman–Crippen LogP) is 4.91. The molecule has 3 rings (SSSR count). The van der Waals surface area contributed by atoms with Gasteiger partial charge in [0.05, 0.1) is 6.61 Å². The summed E-state index contributed by atoms with van der Waals surface area (Å²) < 4.78 is 12.1. The molecule has 1 aliphatic heterocycles. The molecule has 2 nitrogen and oxygen atoms in total. The zero-order chi connectivity index (χ0) is 14.9. The first-order valence-corrected chi connectivity index (χ1v) is 8.57. The first-order chi connectivity index (χ1) is 10.1. The Morgan fingerprint density at radius 3 is 3.00 bits per heavy atom. The van der Waals surface area contributed by atoms with Gasteiger partial charge >= 0.3 is 0 Å². The Labute approximate surface area is 134 Å². The van der Waals surface area contributed by atoms with Crippen LogP contribution in [0.5, 0.6) is 11.5 Å². The molecule has 0 saturated heterocycles. The van der Waals surface area contributed by atoms with Crippen molar-refractivity contribution in [2.45, 2.75) is 38.7 Å². The van der Waals surface area contributed by atoms with Gasteiger partial charge in [-0.05, 0) is 51.3 Å². The molecule has 0 saturated carbocycles. The number of ether oxygens (including phenoxy) is 2. The van der Waals surface area contributed by atoms with E-state index in [0.29, 0.717) is 6.61 Å². The van der Waals surface area contributed by atoms with Crippen LogP contribution in [0.15, 0.2) is 24.3 Å². The maximum absolute atomic E-state index is 6.22. The summed E-state index contributed by atoms with van der Waals surface area (Å²) in [5.41, 5.74) is 1.07. The molecule has 3 heteroatoms. The molecule has 0 aromatic heterocycles. The number of hydrogen-bond donors (Lipinski definition) is 0. The first kappa shape index (κ1) is 14.7. The summed E-state index contributed by atoms with van der Waals surface area (Å²) in [6, 6.07) is 11.6. The van der Waals surface area contributed by atoms with E-state index in [1.807, 2.05) is 18.2 Å². The lowest BCUT2D eigenvalue weighted by Gasteiger charge is -2.33. The van der Waals surface area contributed by atoms with Gasteiger partial charge in [-0.3, -0.25) is 0 Å². The van der Waals surface area contributed by atoms with Gasteiger partial charge in [-0.2, -0.15) is 0 Å². The second kappa shape index (κ2) is 5.88. The molecule has 1 heterocycles. The summed E-state index contributed by atoms with van der Waals surface area (Å²) in [6.45, 7) is 5.00. The number of hydrogen-bond acceptors (Lipinski definition) is 2. The van der Waals surface area contributed by atoms with Gasteiger partial charge in [0.25, 0.3) is 0 Å². The number of rotatable bonds is 4. The molecule has 111 valence electrons. The number of fused-ring (bicyclic) bond motifs is 3. The molecule has 0 spiro atoms. The van der Waals surface area contributed by atoms with Gasteiger partial charge in [0.2, 0.25) is 0 Å². The lowest BCUT2D eigenvalue weighted by Crippen LogP contribution is -2.32. The molecule has 2 aromatic rings. The Balaban J connectivity index is 2.02. The smallest absolute Gasteiger partial charge is 0.131 e. The molecular formula is C18H20BrO2. The van der Waals surface area contributed by atoms with Crippen LogP contribution in [0, 0.1) is 6.07 Å². The lowest BCUT2D eigenvalue weighted by atomic mass is 9.92. The molecule has 21 heavy (non-hydrogen) atoms. The fourth-order valence-electron chi connectivity index (χ4n) is 2.70. The van der Waals surface area contributed by atoms with E-state index >= 15 is 0 Å². The molecule has 2 aromatic carbocycles. The van der Waals surface area contributed by atoms with Crippen LogP contribution in [-0.4, -0.2) is 17.5 Å². The van der Waals surface area contributed by atoms with Crippen molar-refractivity contribution in [1.82, 2.24) is 0 Å². The SMILES string of the molecule is CC1(C)CCc2[c]cc3c(OCCCBr)cccc3c2O1. The Kier molecular flexibility index (Phi) is 4.12. The summed E-state index contributed by atoms with van der Waals surface area (Å²) in [6.07, 6.45) is 3.05. The van der Waals surface area contributed by atoms with Crippen molar-refractivity contribution in [3.8, 4) is 11.5 Å². The van der Waals surface area contributed by atoms with E-state index in [4.69, 9.17) is 9.47 Å². The van der Waals surface area contributed by atoms with Crippen LogP contribution in [0.4, 0.5) is 0 Å². The highest BCUT2D eigenvalue weighted by Gasteiger charge is 2.28. The fourth-order valence-corrected chi connectivity index (χ4v) is 2.93. The third kappa shape index (κ3) is 3.03. The van der Waals surface area contributed by atoms with E-state index in [2.05, 4.69) is 41.9 Å². The predicted molar refractivity (Wildman–Crippen MR) is 89.7 cm³/mol. The fraction of sp³-hybridized carbons (Fsp3) is 0.444. The Bertz CT molecular complexity index is 649. The van der Waals surface area contributed by atoms with Crippen molar-refractivity contribution in [1.29, 1.82) is 0 Å². The maximum Gasteiger partial charge on any atom is 0.131 e. The minimum Gasteiger partial charge on any atom is -0.493 e. The summed E-state index contributed by atoms with van der Waals surface area (Å²) in [5.74, 6) is 1.90. The van der Waals surface area contributed by atoms with E-state index in [1.165, 1.54) is 5.56 Å². The Morgan fingerprint density at radius 1 is 1.33 bits per heavy atom. The van der Waals surface area contributed by atoms with E-state index in [1.54, 1.807) is 0 Å². The average molecular weight is 348 g/mol. The van der Waals surface area contributed by atoms with Crippen LogP contribution in [0.3, 0.4) is 0 Å². The highest BCUT2D eigenvalue weighted by atomic mass is 79.9. The van der Waals surface area contributed by atoms with E-state index < -0.39 is 0 Å². The van der Waals surface area contributed by atoms with Crippen molar-refractivity contribution >= 4 is 26.7 Å². The van der Waals surface area contributed by atoms with Gasteiger partial charge in [0, 0.05) is 21.7 Å². The van der Waals surface area contributed by atoms with Crippen molar-refractivity contribution in [2.24, 2.45) is 0 Å². The zero-order valence-electron chi connectivity index (χ0n) is 12.5. The molecule has 0 aliphatic carbocycles. The summed E-state index contributed by atoms with van der Waals surface area (Å²) in [7, 11) is 0. The average Bonchev–Trinajstić information content (AvgIpc) is 2.47. The van der Waals surface area contributed by atoms with Gasteiger partial charge in [-0.1, -0.05) is 28.1 Å². The molecule has 0 N–H and O–H groups in total. The monoisotopic (exact) mass is 347 g/mol. The molecule has 0 unspecified atom stereocenters. The lowest BCUT2D eigenvalue weighted by molar-refractivity contribution is 0.0867. The van der Waals surface area contributed by atoms with Gasteiger partial charge in [0.1, 0.15) is 17.1 Å². The normalized spacial score (nSPS) is 16.3. The third-order valence-corrected chi connectivity index (χ3v) is 4.43. The molecule has 1 aliphatic rings. The van der Waals surface area contributed by atoms with Crippen molar-refractivity contribution in [3.63, 3.8) is 0 Å². The zero-order valence-corrected chi connectivity index (χ0v) is 14.1. The van der Waals surface area contributed by atoms with Gasteiger partial charge in [-0.25, -0.2) is 0 Å². The highest BCUT2D eigenvalue weighted by Crippen LogP contribution is 2.40. The quantitative estimate of drug-likeness (QED) is 0.578. The number of halogens is 1. The largest absolute Gasteiger partial charge is 0.493 e. The first-order valence-electron chi connectivity index (χ1n) is 7.45. The molecule has 0 amide bonds. The van der Waals surface area contributed by atoms with Crippen molar-refractivity contribution < 1.29 is 9.47 Å². The molecule has 1 radical (unpaired) electrons. The van der Waals surface area contributed by atoms with Crippen LogP contribution < -0.4 is 9.47 Å². The second-order valence-corrected chi connectivity index (χ2v) is 6.86. The molecular weight excluding hydrogens is 328 g/mol. The van der Waals surface area contributed by atoms with E-state index in [0.717, 1.165) is 46.9 Å². The minimum atomic E-state index is -0.109. The van der Waals surface area contributed by atoms with Crippen LogP contribution >= 0.6 is 15.9 Å². The summed E-state index contributed by atoms with van der Waals surface area (Å²) in [4.78, 5) is 0. The highest BCUT2D eigenvalue weighted by molar-refractivity contribution is 9.09. The molecule has 0 atom stereocenters. The third-order valence-electron chi connectivity index (χ3n) is 3.87. The van der Waals surface area contributed by atoms with Crippen LogP contribution in [-0.2, 0) is 6.42 Å². The second-order valence-electron chi connectivity index (χ2n) is 6.07. The minimum absolute atomic E-state index is 0.109. The number of alkyl halides is 1. The summed E-state index contributed by atoms with van der Waals surface area (Å²) in [5, 5.41) is 3.17. The molecule has 0 fully saturated rings. The summed E-state index contributed by atoms with van der Waals surface area (Å²) >= 11 is 3.43. The van der Waals surface area contributed by atoms with E-state index in [-0.39, 0.29) is 5.60 Å². The van der Waals surface area contributed by atoms with Crippen LogP contribution in [0.25, 0.3) is 10.8 Å². The Hall–Kier alpha value is -1.22. The van der Waals surface area contributed by atoms with Crippen molar-refractivity contribution in [3.05, 3.63) is 35.9 Å². The van der Waals surface area contributed by atoms with Crippen molar-refractivity contribution in [2.75, 3.05) is 11.9 Å². The van der Waals surface area contributed by atoms with Crippen LogP contribution in [0.2, 0.25) is 0 Å². The van der Waals surface area contributed by atoms with Crippen LogP contribution in [0.1, 0.15) is 32.3 Å². The van der Waals surface area contributed by atoms with E-state index in [9.17, 15) is 0 Å². The molecule has 0 bridgehead atoms. The van der Waals surface area contributed by atoms with Gasteiger partial charge in [0.15, 0.2) is 0 Å². The number of aryl methyl sites for hydroxylation is 1.